The number of benzene rings is 1. The summed E-state index contributed by atoms with van der Waals surface area (Å²) in [6.45, 7) is 4.48. The minimum Gasteiger partial charge on any atom is -0.356 e. The first kappa shape index (κ1) is 15.1. The molecule has 1 atom stereocenters. The number of hydrogen-bond acceptors (Lipinski definition) is 4. The number of anilines is 1. The molecule has 3 heterocycles. The summed E-state index contributed by atoms with van der Waals surface area (Å²) in [4.78, 5) is 16.4. The lowest BCUT2D eigenvalue weighted by Crippen LogP contribution is -2.25. The van der Waals surface area contributed by atoms with Crippen LogP contribution in [-0.4, -0.2) is 28.0 Å². The van der Waals surface area contributed by atoms with E-state index in [0.29, 0.717) is 0 Å². The Bertz CT molecular complexity index is 831. The summed E-state index contributed by atoms with van der Waals surface area (Å²) in [6, 6.07) is 12.3. The van der Waals surface area contributed by atoms with Gasteiger partial charge in [0.15, 0.2) is 5.82 Å². The van der Waals surface area contributed by atoms with Crippen LogP contribution in [0.1, 0.15) is 26.2 Å². The van der Waals surface area contributed by atoms with Gasteiger partial charge in [-0.1, -0.05) is 19.1 Å². The molecule has 0 radical (unpaired) electrons. The van der Waals surface area contributed by atoms with E-state index in [-0.39, 0.29) is 0 Å². The number of fused-ring (bicyclic) bond motifs is 1. The molecule has 2 aromatic heterocycles. The molecule has 1 aromatic carbocycles. The number of para-hydroxylation sites is 1. The van der Waals surface area contributed by atoms with Crippen LogP contribution in [-0.2, 0) is 0 Å². The molecule has 1 saturated heterocycles. The molecule has 122 valence electrons. The van der Waals surface area contributed by atoms with Gasteiger partial charge in [-0.3, -0.25) is 4.98 Å². The predicted octanol–water partition coefficient (Wildman–Crippen LogP) is 4.32. The van der Waals surface area contributed by atoms with E-state index in [2.05, 4.69) is 35.0 Å². The second-order valence-corrected chi connectivity index (χ2v) is 6.65. The topological polar surface area (TPSA) is 41.9 Å². The zero-order valence-corrected chi connectivity index (χ0v) is 14.0. The fraction of sp³-hybridized carbons (Fsp3) is 0.350. The lowest BCUT2D eigenvalue weighted by molar-refractivity contribution is 0.521. The zero-order valence-electron chi connectivity index (χ0n) is 14.0. The Balaban J connectivity index is 1.83. The Morgan fingerprint density at radius 1 is 1.00 bits per heavy atom. The third-order valence-electron chi connectivity index (χ3n) is 4.82. The Morgan fingerprint density at radius 2 is 1.92 bits per heavy atom. The van der Waals surface area contributed by atoms with Crippen molar-refractivity contribution in [3.8, 4) is 11.4 Å². The molecule has 24 heavy (non-hydrogen) atoms. The van der Waals surface area contributed by atoms with E-state index >= 15 is 0 Å². The van der Waals surface area contributed by atoms with Crippen molar-refractivity contribution >= 4 is 16.7 Å². The van der Waals surface area contributed by atoms with E-state index in [4.69, 9.17) is 9.97 Å². The van der Waals surface area contributed by atoms with E-state index in [1.807, 2.05) is 24.4 Å². The zero-order chi connectivity index (χ0) is 16.4. The maximum atomic E-state index is 4.94. The molecule has 4 heteroatoms. The Hall–Kier alpha value is -2.49. The van der Waals surface area contributed by atoms with Crippen molar-refractivity contribution in [1.29, 1.82) is 0 Å². The lowest BCUT2D eigenvalue weighted by Gasteiger charge is -2.23. The fourth-order valence-corrected chi connectivity index (χ4v) is 3.40. The number of aromatic nitrogens is 3. The molecule has 0 N–H and O–H groups in total. The maximum Gasteiger partial charge on any atom is 0.163 e. The third-order valence-corrected chi connectivity index (χ3v) is 4.82. The standard InChI is InChI=1S/C20H22N4/c1-15-6-5-12-24(13-10-15)20-17-8-2-3-9-18(17)22-19(23-20)16-7-4-11-21-14-16/h2-4,7-9,11,14-15H,5-6,10,12-13H2,1H3. The SMILES string of the molecule is CC1CCCN(c2nc(-c3cccnc3)nc3ccccc23)CC1. The van der Waals surface area contributed by atoms with E-state index in [9.17, 15) is 0 Å². The Kier molecular flexibility index (Phi) is 4.11. The quantitative estimate of drug-likeness (QED) is 0.706. The van der Waals surface area contributed by atoms with Crippen molar-refractivity contribution in [2.45, 2.75) is 26.2 Å². The van der Waals surface area contributed by atoms with Gasteiger partial charge in [0.2, 0.25) is 0 Å². The molecular formula is C20H22N4. The normalized spacial score (nSPS) is 18.5. The van der Waals surface area contributed by atoms with Gasteiger partial charge in [-0.2, -0.15) is 0 Å². The average Bonchev–Trinajstić information content (AvgIpc) is 2.86. The van der Waals surface area contributed by atoms with Crippen LogP contribution < -0.4 is 4.90 Å². The maximum absolute atomic E-state index is 4.94. The van der Waals surface area contributed by atoms with Crippen LogP contribution in [0.2, 0.25) is 0 Å². The molecule has 0 amide bonds. The average molecular weight is 318 g/mol. The largest absolute Gasteiger partial charge is 0.356 e. The highest BCUT2D eigenvalue weighted by Crippen LogP contribution is 2.29. The molecule has 1 aliphatic rings. The Morgan fingerprint density at radius 3 is 2.79 bits per heavy atom. The summed E-state index contributed by atoms with van der Waals surface area (Å²) in [6.07, 6.45) is 7.36. The second kappa shape index (κ2) is 6.56. The van der Waals surface area contributed by atoms with Crippen molar-refractivity contribution < 1.29 is 0 Å². The fourth-order valence-electron chi connectivity index (χ4n) is 3.40. The molecule has 1 unspecified atom stereocenters. The molecule has 0 aliphatic carbocycles. The summed E-state index contributed by atoms with van der Waals surface area (Å²) in [5.74, 6) is 2.61. The van der Waals surface area contributed by atoms with Crippen LogP contribution in [0, 0.1) is 5.92 Å². The predicted molar refractivity (Wildman–Crippen MR) is 98.0 cm³/mol. The third kappa shape index (κ3) is 2.96. The summed E-state index contributed by atoms with van der Waals surface area (Å²) in [5.41, 5.74) is 1.96. The van der Waals surface area contributed by atoms with Crippen LogP contribution in [0.15, 0.2) is 48.8 Å². The molecule has 3 aromatic rings. The van der Waals surface area contributed by atoms with E-state index in [0.717, 1.165) is 47.1 Å². The molecule has 4 rings (SSSR count). The molecule has 0 saturated carbocycles. The van der Waals surface area contributed by atoms with E-state index in [1.54, 1.807) is 6.20 Å². The van der Waals surface area contributed by atoms with Gasteiger partial charge < -0.3 is 4.90 Å². The van der Waals surface area contributed by atoms with Crippen LogP contribution >= 0.6 is 0 Å². The van der Waals surface area contributed by atoms with Gasteiger partial charge >= 0.3 is 0 Å². The first-order valence-electron chi connectivity index (χ1n) is 8.73. The van der Waals surface area contributed by atoms with Gasteiger partial charge in [0.25, 0.3) is 0 Å². The van der Waals surface area contributed by atoms with Crippen molar-refractivity contribution in [3.05, 3.63) is 48.8 Å². The molecule has 0 bridgehead atoms. The minimum absolute atomic E-state index is 0.758. The van der Waals surface area contributed by atoms with Gasteiger partial charge in [0.05, 0.1) is 5.52 Å². The van der Waals surface area contributed by atoms with Gasteiger partial charge in [-0.15, -0.1) is 0 Å². The number of nitrogens with zero attached hydrogens (tertiary/aromatic N) is 4. The highest BCUT2D eigenvalue weighted by Gasteiger charge is 2.19. The summed E-state index contributed by atoms with van der Waals surface area (Å²) in [7, 11) is 0. The van der Waals surface area contributed by atoms with Crippen molar-refractivity contribution in [2.75, 3.05) is 18.0 Å². The summed E-state index contributed by atoms with van der Waals surface area (Å²) >= 11 is 0. The van der Waals surface area contributed by atoms with Crippen LogP contribution in [0.3, 0.4) is 0 Å². The molecular weight excluding hydrogens is 296 g/mol. The van der Waals surface area contributed by atoms with E-state index < -0.39 is 0 Å². The minimum atomic E-state index is 0.758. The highest BCUT2D eigenvalue weighted by molar-refractivity contribution is 5.91. The van der Waals surface area contributed by atoms with Crippen molar-refractivity contribution in [1.82, 2.24) is 15.0 Å². The first-order valence-corrected chi connectivity index (χ1v) is 8.73. The second-order valence-electron chi connectivity index (χ2n) is 6.65. The van der Waals surface area contributed by atoms with Crippen LogP contribution in [0.25, 0.3) is 22.3 Å². The summed E-state index contributed by atoms with van der Waals surface area (Å²) in [5, 5.41) is 1.14. The monoisotopic (exact) mass is 318 g/mol. The highest BCUT2D eigenvalue weighted by atomic mass is 15.2. The van der Waals surface area contributed by atoms with Crippen LogP contribution in [0.5, 0.6) is 0 Å². The molecule has 1 fully saturated rings. The van der Waals surface area contributed by atoms with Crippen molar-refractivity contribution in [2.24, 2.45) is 5.92 Å². The van der Waals surface area contributed by atoms with Crippen LogP contribution in [0.4, 0.5) is 5.82 Å². The van der Waals surface area contributed by atoms with E-state index in [1.165, 1.54) is 19.3 Å². The molecule has 0 spiro atoms. The van der Waals surface area contributed by atoms with Gasteiger partial charge in [0.1, 0.15) is 5.82 Å². The molecule has 1 aliphatic heterocycles. The lowest BCUT2D eigenvalue weighted by atomic mass is 10.0. The number of rotatable bonds is 2. The number of pyridine rings is 1. The number of hydrogen-bond donors (Lipinski definition) is 0. The van der Waals surface area contributed by atoms with Gasteiger partial charge in [-0.25, -0.2) is 9.97 Å². The Labute approximate surface area is 142 Å². The smallest absolute Gasteiger partial charge is 0.163 e. The van der Waals surface area contributed by atoms with Crippen molar-refractivity contribution in [3.63, 3.8) is 0 Å². The van der Waals surface area contributed by atoms with Gasteiger partial charge in [-0.05, 0) is 49.4 Å². The van der Waals surface area contributed by atoms with Gasteiger partial charge in [0, 0.05) is 36.4 Å². The molecule has 4 nitrogen and oxygen atoms in total. The summed E-state index contributed by atoms with van der Waals surface area (Å²) < 4.78 is 0. The first-order chi connectivity index (χ1) is 11.8.